The highest BCUT2D eigenvalue weighted by Gasteiger charge is 2.07. The molecule has 0 fully saturated rings. The number of hydrogen-bond donors (Lipinski definition) is 0. The van der Waals surface area contributed by atoms with Crippen LogP contribution >= 0.6 is 0 Å². The lowest BCUT2D eigenvalue weighted by atomic mass is 10.2. The second kappa shape index (κ2) is 6.79. The highest BCUT2D eigenvalue weighted by molar-refractivity contribution is 5.86. The molecule has 0 bridgehead atoms. The normalized spacial score (nSPS) is 10.7. The van der Waals surface area contributed by atoms with E-state index < -0.39 is 0 Å². The number of anilines is 1. The van der Waals surface area contributed by atoms with Crippen LogP contribution in [0.1, 0.15) is 5.56 Å². The Balaban J connectivity index is 2.25. The van der Waals surface area contributed by atoms with Crippen molar-refractivity contribution in [2.75, 3.05) is 33.2 Å². The van der Waals surface area contributed by atoms with Gasteiger partial charge in [-0.2, -0.15) is 0 Å². The summed E-state index contributed by atoms with van der Waals surface area (Å²) in [6.45, 7) is 0. The van der Waals surface area contributed by atoms with Gasteiger partial charge in [0, 0.05) is 31.6 Å². The van der Waals surface area contributed by atoms with Crippen molar-refractivity contribution in [3.05, 3.63) is 48.0 Å². The highest BCUT2D eigenvalue weighted by Crippen LogP contribution is 2.30. The molecule has 0 saturated heterocycles. The zero-order valence-electron chi connectivity index (χ0n) is 12.8. The quantitative estimate of drug-likeness (QED) is 0.788. The molecule has 0 unspecified atom stereocenters. The van der Waals surface area contributed by atoms with Crippen LogP contribution in [-0.4, -0.2) is 34.5 Å². The topological polar surface area (TPSA) is 34.1 Å². The molecule has 0 aliphatic heterocycles. The van der Waals surface area contributed by atoms with Crippen molar-refractivity contribution in [1.29, 1.82) is 0 Å². The number of methoxy groups -OCH3 is 2. The summed E-state index contributed by atoms with van der Waals surface area (Å²) >= 11 is 0. The van der Waals surface area contributed by atoms with Crippen LogP contribution in [-0.2, 0) is 0 Å². The zero-order valence-corrected chi connectivity index (χ0v) is 12.8. The number of hydrogen-bond acceptors (Lipinski definition) is 4. The van der Waals surface area contributed by atoms with Gasteiger partial charge in [-0.3, -0.25) is 4.99 Å². The number of nitrogens with zero attached hydrogens (tertiary/aromatic N) is 2. The lowest BCUT2D eigenvalue weighted by Crippen LogP contribution is -2.07. The number of benzene rings is 2. The van der Waals surface area contributed by atoms with Crippen molar-refractivity contribution in [3.63, 3.8) is 0 Å². The van der Waals surface area contributed by atoms with Crippen LogP contribution in [0, 0.1) is 0 Å². The predicted octanol–water partition coefficient (Wildman–Crippen LogP) is 3.52. The minimum Gasteiger partial charge on any atom is -0.493 e. The van der Waals surface area contributed by atoms with Gasteiger partial charge in [0.1, 0.15) is 0 Å². The Hall–Kier alpha value is -2.49. The van der Waals surface area contributed by atoms with Gasteiger partial charge < -0.3 is 14.4 Å². The fourth-order valence-corrected chi connectivity index (χ4v) is 1.99. The van der Waals surface area contributed by atoms with Crippen LogP contribution in [0.4, 0.5) is 11.4 Å². The molecule has 0 aliphatic rings. The third kappa shape index (κ3) is 3.54. The van der Waals surface area contributed by atoms with Gasteiger partial charge in [0.2, 0.25) is 0 Å². The maximum atomic E-state index is 5.38. The van der Waals surface area contributed by atoms with E-state index in [1.807, 2.05) is 56.6 Å². The Kier molecular flexibility index (Phi) is 4.82. The molecule has 110 valence electrons. The van der Waals surface area contributed by atoms with Crippen molar-refractivity contribution < 1.29 is 9.47 Å². The van der Waals surface area contributed by atoms with Gasteiger partial charge in [-0.05, 0) is 36.4 Å². The monoisotopic (exact) mass is 284 g/mol. The number of aliphatic imine (C=N–C) groups is 1. The van der Waals surface area contributed by atoms with Crippen LogP contribution in [0.5, 0.6) is 11.5 Å². The Bertz CT molecular complexity index is 619. The van der Waals surface area contributed by atoms with E-state index in [1.54, 1.807) is 20.4 Å². The van der Waals surface area contributed by atoms with E-state index in [-0.39, 0.29) is 0 Å². The summed E-state index contributed by atoms with van der Waals surface area (Å²) in [5.41, 5.74) is 2.92. The summed E-state index contributed by atoms with van der Waals surface area (Å²) in [7, 11) is 7.28. The average molecular weight is 284 g/mol. The van der Waals surface area contributed by atoms with E-state index in [1.165, 1.54) is 0 Å². The van der Waals surface area contributed by atoms with Gasteiger partial charge in [0.25, 0.3) is 0 Å². The Morgan fingerprint density at radius 2 is 1.67 bits per heavy atom. The molecule has 2 aromatic carbocycles. The lowest BCUT2D eigenvalue weighted by Gasteiger charge is -2.11. The molecular weight excluding hydrogens is 264 g/mol. The summed E-state index contributed by atoms with van der Waals surface area (Å²) in [6.07, 6.45) is 1.78. The van der Waals surface area contributed by atoms with Gasteiger partial charge in [-0.1, -0.05) is 6.07 Å². The first-order chi connectivity index (χ1) is 10.2. The van der Waals surface area contributed by atoms with E-state index in [2.05, 4.69) is 9.89 Å². The van der Waals surface area contributed by atoms with Crippen LogP contribution in [0.25, 0.3) is 0 Å². The number of rotatable bonds is 5. The van der Waals surface area contributed by atoms with Crippen LogP contribution in [0.3, 0.4) is 0 Å². The minimum atomic E-state index is 0.689. The second-order valence-corrected chi connectivity index (χ2v) is 4.75. The van der Waals surface area contributed by atoms with Crippen LogP contribution in [0.2, 0.25) is 0 Å². The second-order valence-electron chi connectivity index (χ2n) is 4.75. The zero-order chi connectivity index (χ0) is 15.2. The standard InChI is InChI=1S/C17H20N2O2/c1-19(2)15-10-8-14(9-11-15)18-12-13-6-5-7-16(20-3)17(13)21-4/h5-12H,1-4H3. The largest absolute Gasteiger partial charge is 0.493 e. The minimum absolute atomic E-state index is 0.689. The van der Waals surface area contributed by atoms with Gasteiger partial charge in [-0.15, -0.1) is 0 Å². The van der Waals surface area contributed by atoms with Crippen LogP contribution < -0.4 is 14.4 Å². The summed E-state index contributed by atoms with van der Waals surface area (Å²) in [5.74, 6) is 1.39. The molecule has 0 N–H and O–H groups in total. The molecule has 0 spiro atoms. The van der Waals surface area contributed by atoms with Crippen molar-refractivity contribution in [1.82, 2.24) is 0 Å². The molecule has 2 aromatic rings. The fourth-order valence-electron chi connectivity index (χ4n) is 1.99. The molecule has 21 heavy (non-hydrogen) atoms. The van der Waals surface area contributed by atoms with E-state index in [0.29, 0.717) is 11.5 Å². The van der Waals surface area contributed by atoms with E-state index in [4.69, 9.17) is 9.47 Å². The van der Waals surface area contributed by atoms with Gasteiger partial charge in [0.05, 0.1) is 19.9 Å². The highest BCUT2D eigenvalue weighted by atomic mass is 16.5. The van der Waals surface area contributed by atoms with Crippen molar-refractivity contribution in [2.24, 2.45) is 4.99 Å². The molecule has 0 amide bonds. The maximum absolute atomic E-state index is 5.38. The first-order valence-electron chi connectivity index (χ1n) is 6.68. The third-order valence-electron chi connectivity index (χ3n) is 3.15. The maximum Gasteiger partial charge on any atom is 0.169 e. The first kappa shape index (κ1) is 14.9. The summed E-state index contributed by atoms with van der Waals surface area (Å²) in [6, 6.07) is 13.8. The Labute approximate surface area is 125 Å². The lowest BCUT2D eigenvalue weighted by molar-refractivity contribution is 0.354. The molecule has 0 atom stereocenters. The molecule has 0 heterocycles. The van der Waals surface area contributed by atoms with E-state index >= 15 is 0 Å². The predicted molar refractivity (Wildman–Crippen MR) is 87.6 cm³/mol. The van der Waals surface area contributed by atoms with E-state index in [0.717, 1.165) is 16.9 Å². The molecule has 0 saturated carbocycles. The Morgan fingerprint density at radius 1 is 0.952 bits per heavy atom. The SMILES string of the molecule is COc1cccc(C=Nc2ccc(N(C)C)cc2)c1OC. The molecule has 4 heteroatoms. The number of ether oxygens (including phenoxy) is 2. The average Bonchev–Trinajstić information content (AvgIpc) is 2.52. The number of para-hydroxylation sites is 1. The summed E-state index contributed by atoms with van der Waals surface area (Å²) in [5, 5.41) is 0. The van der Waals surface area contributed by atoms with Crippen LogP contribution in [0.15, 0.2) is 47.5 Å². The molecule has 4 nitrogen and oxygen atoms in total. The van der Waals surface area contributed by atoms with Crippen molar-refractivity contribution in [3.8, 4) is 11.5 Å². The smallest absolute Gasteiger partial charge is 0.169 e. The van der Waals surface area contributed by atoms with Gasteiger partial charge in [-0.25, -0.2) is 0 Å². The summed E-state index contributed by atoms with van der Waals surface area (Å²) < 4.78 is 10.7. The molecule has 0 aromatic heterocycles. The van der Waals surface area contributed by atoms with Gasteiger partial charge in [0.15, 0.2) is 11.5 Å². The van der Waals surface area contributed by atoms with E-state index in [9.17, 15) is 0 Å². The van der Waals surface area contributed by atoms with Crippen molar-refractivity contribution in [2.45, 2.75) is 0 Å². The molecule has 0 radical (unpaired) electrons. The summed E-state index contributed by atoms with van der Waals surface area (Å²) in [4.78, 5) is 6.54. The molecule has 0 aliphatic carbocycles. The van der Waals surface area contributed by atoms with Crippen molar-refractivity contribution >= 4 is 17.6 Å². The third-order valence-corrected chi connectivity index (χ3v) is 3.15. The van der Waals surface area contributed by atoms with Gasteiger partial charge >= 0.3 is 0 Å². The Morgan fingerprint density at radius 3 is 2.24 bits per heavy atom. The fraction of sp³-hybridized carbons (Fsp3) is 0.235. The first-order valence-corrected chi connectivity index (χ1v) is 6.68. The molecular formula is C17H20N2O2. The molecule has 2 rings (SSSR count).